The maximum absolute atomic E-state index is 9.54. The number of aromatic nitrogens is 2. The maximum atomic E-state index is 9.54. The molecule has 0 spiro atoms. The van der Waals surface area contributed by atoms with Crippen LogP contribution in [-0.2, 0) is 17.8 Å². The van der Waals surface area contributed by atoms with Crippen molar-refractivity contribution in [2.45, 2.75) is 39.0 Å². The molecule has 1 saturated heterocycles. The highest BCUT2D eigenvalue weighted by Crippen LogP contribution is 2.25. The Balaban J connectivity index is 1.53. The minimum atomic E-state index is 0.257. The molecule has 0 aliphatic carbocycles. The Labute approximate surface area is 158 Å². The molecular formula is C21H25N3O3. The Morgan fingerprint density at radius 1 is 1.19 bits per heavy atom. The summed E-state index contributed by atoms with van der Waals surface area (Å²) in [5.74, 6) is 2.14. The first-order valence-electron chi connectivity index (χ1n) is 9.38. The van der Waals surface area contributed by atoms with Crippen LogP contribution < -0.4 is 0 Å². The first-order valence-corrected chi connectivity index (χ1v) is 9.38. The van der Waals surface area contributed by atoms with Crippen molar-refractivity contribution < 1.29 is 14.3 Å². The van der Waals surface area contributed by atoms with Gasteiger partial charge in [0, 0.05) is 30.8 Å². The number of hydrogen-bond donors (Lipinski definition) is 2. The average molecular weight is 367 g/mol. The van der Waals surface area contributed by atoms with Gasteiger partial charge in [-0.1, -0.05) is 0 Å². The lowest BCUT2D eigenvalue weighted by Crippen LogP contribution is -2.31. The molecule has 3 aromatic rings. The van der Waals surface area contributed by atoms with Crippen LogP contribution in [0.1, 0.15) is 29.9 Å². The van der Waals surface area contributed by atoms with Crippen molar-refractivity contribution in [1.82, 2.24) is 15.1 Å². The topological polar surface area (TPSA) is 74.5 Å². The number of ether oxygens (including phenoxy) is 1. The molecule has 0 radical (unpaired) electrons. The fourth-order valence-corrected chi connectivity index (χ4v) is 3.60. The maximum Gasteiger partial charge on any atom is 0.118 e. The van der Waals surface area contributed by atoms with Crippen LogP contribution in [0.5, 0.6) is 5.75 Å². The van der Waals surface area contributed by atoms with Gasteiger partial charge in [-0.05, 0) is 56.2 Å². The molecule has 0 bridgehead atoms. The number of phenols is 1. The molecule has 1 aliphatic heterocycles. The minimum Gasteiger partial charge on any atom is -0.508 e. The molecule has 1 atom stereocenters. The molecule has 6 nitrogen and oxygen atoms in total. The van der Waals surface area contributed by atoms with E-state index in [1.807, 2.05) is 37.4 Å². The quantitative estimate of drug-likeness (QED) is 0.663. The number of benzene rings is 1. The highest BCUT2D eigenvalue weighted by atomic mass is 16.5. The molecule has 1 aliphatic rings. The molecule has 2 aromatic heterocycles. The van der Waals surface area contributed by atoms with E-state index in [0.29, 0.717) is 0 Å². The molecule has 1 aromatic carbocycles. The Hall–Kier alpha value is -2.57. The van der Waals surface area contributed by atoms with Crippen molar-refractivity contribution in [2.24, 2.45) is 0 Å². The third kappa shape index (κ3) is 4.40. The predicted octanol–water partition coefficient (Wildman–Crippen LogP) is 3.86. The lowest BCUT2D eigenvalue weighted by molar-refractivity contribution is 0.0654. The summed E-state index contributed by atoms with van der Waals surface area (Å²) in [6, 6.07) is 11.2. The number of rotatable bonds is 7. The lowest BCUT2D eigenvalue weighted by Gasteiger charge is -2.24. The number of phenolic OH excluding ortho intramolecular Hbond substituents is 1. The van der Waals surface area contributed by atoms with Crippen molar-refractivity contribution >= 4 is 0 Å². The van der Waals surface area contributed by atoms with E-state index >= 15 is 0 Å². The average Bonchev–Trinajstić information content (AvgIpc) is 3.39. The van der Waals surface area contributed by atoms with Gasteiger partial charge in [-0.2, -0.15) is 5.10 Å². The first-order chi connectivity index (χ1) is 13.2. The molecule has 142 valence electrons. The van der Waals surface area contributed by atoms with Crippen LogP contribution in [0.4, 0.5) is 0 Å². The normalized spacial score (nSPS) is 17.0. The molecule has 1 fully saturated rings. The fourth-order valence-electron chi connectivity index (χ4n) is 3.60. The summed E-state index contributed by atoms with van der Waals surface area (Å²) in [5, 5.41) is 16.9. The van der Waals surface area contributed by atoms with Gasteiger partial charge in [-0.25, -0.2) is 0 Å². The second-order valence-corrected chi connectivity index (χ2v) is 7.13. The minimum absolute atomic E-state index is 0.257. The zero-order chi connectivity index (χ0) is 18.6. The zero-order valence-corrected chi connectivity index (χ0v) is 15.5. The van der Waals surface area contributed by atoms with E-state index in [2.05, 4.69) is 15.1 Å². The zero-order valence-electron chi connectivity index (χ0n) is 15.5. The van der Waals surface area contributed by atoms with Gasteiger partial charge in [-0.15, -0.1) is 0 Å². The lowest BCUT2D eigenvalue weighted by atomic mass is 10.1. The van der Waals surface area contributed by atoms with E-state index in [1.165, 1.54) is 0 Å². The summed E-state index contributed by atoms with van der Waals surface area (Å²) in [6.07, 6.45) is 4.37. The van der Waals surface area contributed by atoms with Crippen LogP contribution >= 0.6 is 0 Å². The van der Waals surface area contributed by atoms with Crippen molar-refractivity contribution in [3.8, 4) is 17.0 Å². The van der Waals surface area contributed by atoms with Crippen LogP contribution in [0, 0.1) is 6.92 Å². The second kappa shape index (κ2) is 7.98. The Morgan fingerprint density at radius 2 is 2.04 bits per heavy atom. The SMILES string of the molecule is Cc1ccc(CN(Cc2cn[nH]c2-c2ccc(O)cc2)CC2CCCO2)o1. The Kier molecular flexibility index (Phi) is 5.27. The van der Waals surface area contributed by atoms with Gasteiger partial charge >= 0.3 is 0 Å². The van der Waals surface area contributed by atoms with Crippen LogP contribution in [0.25, 0.3) is 11.3 Å². The fraction of sp³-hybridized carbons (Fsp3) is 0.381. The number of aromatic hydroxyl groups is 1. The van der Waals surface area contributed by atoms with E-state index < -0.39 is 0 Å². The number of hydrogen-bond acceptors (Lipinski definition) is 5. The van der Waals surface area contributed by atoms with Crippen molar-refractivity contribution in [2.75, 3.05) is 13.2 Å². The van der Waals surface area contributed by atoms with Gasteiger partial charge in [0.15, 0.2) is 0 Å². The molecule has 4 rings (SSSR count). The van der Waals surface area contributed by atoms with Crippen LogP contribution in [0.3, 0.4) is 0 Å². The van der Waals surface area contributed by atoms with Crippen LogP contribution in [0.15, 0.2) is 47.0 Å². The van der Waals surface area contributed by atoms with Gasteiger partial charge in [0.05, 0.1) is 24.5 Å². The van der Waals surface area contributed by atoms with E-state index in [9.17, 15) is 5.11 Å². The van der Waals surface area contributed by atoms with Gasteiger partial charge in [0.2, 0.25) is 0 Å². The van der Waals surface area contributed by atoms with Gasteiger partial charge in [0.25, 0.3) is 0 Å². The van der Waals surface area contributed by atoms with E-state index in [0.717, 1.165) is 67.4 Å². The molecule has 0 amide bonds. The van der Waals surface area contributed by atoms with Crippen molar-refractivity contribution in [1.29, 1.82) is 0 Å². The number of furan rings is 1. The predicted molar refractivity (Wildman–Crippen MR) is 102 cm³/mol. The van der Waals surface area contributed by atoms with Gasteiger partial charge in [0.1, 0.15) is 17.3 Å². The third-order valence-corrected chi connectivity index (χ3v) is 4.93. The summed E-state index contributed by atoms with van der Waals surface area (Å²) in [5.41, 5.74) is 3.09. The third-order valence-electron chi connectivity index (χ3n) is 4.93. The van der Waals surface area contributed by atoms with Gasteiger partial charge < -0.3 is 14.3 Å². The van der Waals surface area contributed by atoms with E-state index in [4.69, 9.17) is 9.15 Å². The highest BCUT2D eigenvalue weighted by Gasteiger charge is 2.22. The highest BCUT2D eigenvalue weighted by molar-refractivity contribution is 5.63. The first kappa shape index (κ1) is 17.8. The largest absolute Gasteiger partial charge is 0.508 e. The summed E-state index contributed by atoms with van der Waals surface area (Å²) in [6.45, 7) is 5.15. The number of aromatic amines is 1. The smallest absolute Gasteiger partial charge is 0.118 e. The molecular weight excluding hydrogens is 342 g/mol. The van der Waals surface area contributed by atoms with E-state index in [-0.39, 0.29) is 11.9 Å². The molecule has 2 N–H and O–H groups in total. The molecule has 6 heteroatoms. The molecule has 27 heavy (non-hydrogen) atoms. The van der Waals surface area contributed by atoms with Crippen LogP contribution in [0.2, 0.25) is 0 Å². The second-order valence-electron chi connectivity index (χ2n) is 7.13. The van der Waals surface area contributed by atoms with Gasteiger partial charge in [-0.3, -0.25) is 10.00 Å². The number of nitrogens with one attached hydrogen (secondary N) is 1. The molecule has 1 unspecified atom stereocenters. The Morgan fingerprint density at radius 3 is 2.74 bits per heavy atom. The van der Waals surface area contributed by atoms with E-state index in [1.54, 1.807) is 12.1 Å². The summed E-state index contributed by atoms with van der Waals surface area (Å²) in [4.78, 5) is 2.35. The summed E-state index contributed by atoms with van der Waals surface area (Å²) in [7, 11) is 0. The number of aryl methyl sites for hydroxylation is 1. The summed E-state index contributed by atoms with van der Waals surface area (Å²) < 4.78 is 11.6. The summed E-state index contributed by atoms with van der Waals surface area (Å²) >= 11 is 0. The van der Waals surface area contributed by atoms with Crippen LogP contribution in [-0.4, -0.2) is 39.5 Å². The number of H-pyrrole nitrogens is 1. The molecule has 0 saturated carbocycles. The number of nitrogens with zero attached hydrogens (tertiary/aromatic N) is 2. The van der Waals surface area contributed by atoms with Crippen molar-refractivity contribution in [3.05, 3.63) is 59.7 Å². The monoisotopic (exact) mass is 367 g/mol. The molecule has 3 heterocycles. The van der Waals surface area contributed by atoms with Crippen molar-refractivity contribution in [3.63, 3.8) is 0 Å². The standard InChI is InChI=1S/C21H25N3O3/c1-15-4-9-20(27-15)14-24(13-19-3-2-10-26-19)12-17-11-22-23-21(17)16-5-7-18(25)8-6-16/h4-9,11,19,25H,2-3,10,12-14H2,1H3,(H,22,23). The Bertz CT molecular complexity index is 863.